The first-order chi connectivity index (χ1) is 22.4. The molecule has 0 saturated carbocycles. The number of carbonyl (C=O) groups is 3. The van der Waals surface area contributed by atoms with E-state index in [-0.39, 0.29) is 48.0 Å². The molecule has 1 heterocycles. The average molecular weight is 653 g/mol. The van der Waals surface area contributed by atoms with Gasteiger partial charge in [0.05, 0.1) is 37.4 Å². The summed E-state index contributed by atoms with van der Waals surface area (Å²) in [7, 11) is 1.47. The number of ether oxygens (including phenoxy) is 3. The maximum atomic E-state index is 14.8. The Morgan fingerprint density at radius 3 is 2.19 bits per heavy atom. The minimum absolute atomic E-state index is 0.00837. The molecule has 0 amide bonds. The minimum atomic E-state index is -4.62. The number of alkyl halides is 3. The number of allylic oxidation sites excluding steroid dienone is 2. The van der Waals surface area contributed by atoms with E-state index in [0.717, 1.165) is 24.3 Å². The normalized spacial score (nSPS) is 19.8. The molecule has 0 radical (unpaired) electrons. The fourth-order valence-corrected chi connectivity index (χ4v) is 6.21. The summed E-state index contributed by atoms with van der Waals surface area (Å²) in [6, 6.07) is 16.0. The maximum Gasteiger partial charge on any atom is 0.416 e. The molecule has 2 N–H and O–H groups in total. The standard InChI is InChI=1S/C35H32F4N2O6/c1-4-46-33(43)28-25(20-7-6-8-24(17-20)45-3)18-26-29(31(28)42)27(19-9-13-22(36)14-10-19)30(34(44)47-5-2)32(40)41(26)23-15-11-21(12-16-23)35(37,38)39/h6-17,25,27-28H,4-5,18,40H2,1-3H3/t25-,27-,28-/m1/s1. The van der Waals surface area contributed by atoms with E-state index in [0.29, 0.717) is 16.9 Å². The summed E-state index contributed by atoms with van der Waals surface area (Å²) < 4.78 is 70.8. The molecule has 3 aromatic carbocycles. The highest BCUT2D eigenvalue weighted by Gasteiger charge is 2.51. The van der Waals surface area contributed by atoms with Crippen LogP contribution in [0.4, 0.5) is 23.2 Å². The Kier molecular flexibility index (Phi) is 9.41. The molecule has 0 aromatic heterocycles. The van der Waals surface area contributed by atoms with E-state index in [4.69, 9.17) is 19.9 Å². The Balaban J connectivity index is 1.82. The van der Waals surface area contributed by atoms with Crippen molar-refractivity contribution in [3.63, 3.8) is 0 Å². The Bertz CT molecular complexity index is 1750. The molecule has 0 bridgehead atoms. The van der Waals surface area contributed by atoms with E-state index in [1.807, 2.05) is 0 Å². The summed E-state index contributed by atoms with van der Waals surface area (Å²) in [5, 5.41) is 0. The lowest BCUT2D eigenvalue weighted by Gasteiger charge is -2.44. The van der Waals surface area contributed by atoms with Crippen molar-refractivity contribution in [2.24, 2.45) is 11.7 Å². The molecule has 2 aliphatic rings. The number of methoxy groups -OCH3 is 1. The van der Waals surface area contributed by atoms with Gasteiger partial charge in [0, 0.05) is 22.9 Å². The van der Waals surface area contributed by atoms with Gasteiger partial charge in [-0.15, -0.1) is 0 Å². The van der Waals surface area contributed by atoms with Gasteiger partial charge >= 0.3 is 18.1 Å². The SMILES string of the molecule is CCOC(=O)C1=C(N)N(c2ccc(C(F)(F)F)cc2)C2=C(C(=O)[C@H](C(=O)OCC)[C@@H](c3cccc(OC)c3)C2)[C@H]1c1ccc(F)cc1. The number of carbonyl (C=O) groups excluding carboxylic acids is 3. The van der Waals surface area contributed by atoms with Crippen molar-refractivity contribution in [1.82, 2.24) is 0 Å². The largest absolute Gasteiger partial charge is 0.497 e. The molecule has 12 heteroatoms. The van der Waals surface area contributed by atoms with Crippen LogP contribution in [-0.2, 0) is 30.0 Å². The first-order valence-electron chi connectivity index (χ1n) is 14.9. The summed E-state index contributed by atoms with van der Waals surface area (Å²) in [5.41, 5.74) is 6.89. The lowest BCUT2D eigenvalue weighted by molar-refractivity contribution is -0.152. The fraction of sp³-hybridized carbons (Fsp3) is 0.286. The summed E-state index contributed by atoms with van der Waals surface area (Å²) >= 11 is 0. The zero-order valence-electron chi connectivity index (χ0n) is 25.8. The second-order valence-electron chi connectivity index (χ2n) is 10.9. The molecule has 47 heavy (non-hydrogen) atoms. The smallest absolute Gasteiger partial charge is 0.416 e. The summed E-state index contributed by atoms with van der Waals surface area (Å²) in [6.45, 7) is 3.10. The Morgan fingerprint density at radius 2 is 1.60 bits per heavy atom. The molecule has 0 spiro atoms. The third kappa shape index (κ3) is 6.32. The van der Waals surface area contributed by atoms with Gasteiger partial charge < -0.3 is 19.9 Å². The number of nitrogens with two attached hydrogens (primary N) is 1. The molecule has 0 fully saturated rings. The van der Waals surface area contributed by atoms with Crippen LogP contribution < -0.4 is 15.4 Å². The van der Waals surface area contributed by atoms with E-state index in [2.05, 4.69) is 0 Å². The van der Waals surface area contributed by atoms with Gasteiger partial charge in [0.2, 0.25) is 0 Å². The van der Waals surface area contributed by atoms with Crippen LogP contribution in [0.1, 0.15) is 48.8 Å². The van der Waals surface area contributed by atoms with Crippen LogP contribution in [0.15, 0.2) is 95.5 Å². The Hall–Kier alpha value is -5.13. The first kappa shape index (κ1) is 33.2. The Morgan fingerprint density at radius 1 is 0.936 bits per heavy atom. The number of hydrogen-bond acceptors (Lipinski definition) is 8. The zero-order valence-corrected chi connectivity index (χ0v) is 25.8. The van der Waals surface area contributed by atoms with Gasteiger partial charge in [-0.3, -0.25) is 14.5 Å². The molecular formula is C35H32F4N2O6. The average Bonchev–Trinajstić information content (AvgIpc) is 3.04. The summed E-state index contributed by atoms with van der Waals surface area (Å²) in [6.07, 6.45) is -4.64. The molecule has 3 atom stereocenters. The van der Waals surface area contributed by atoms with Gasteiger partial charge in [-0.05, 0) is 79.9 Å². The van der Waals surface area contributed by atoms with Gasteiger partial charge in [-0.25, -0.2) is 9.18 Å². The second kappa shape index (κ2) is 13.3. The Labute approximate surface area is 268 Å². The molecule has 5 rings (SSSR count). The number of rotatable bonds is 8. The van der Waals surface area contributed by atoms with Crippen molar-refractivity contribution < 1.29 is 46.2 Å². The summed E-state index contributed by atoms with van der Waals surface area (Å²) in [4.78, 5) is 43.4. The topological polar surface area (TPSA) is 108 Å². The number of Topliss-reactive ketones (excluding diaryl/α,β-unsaturated/α-hetero) is 1. The molecular weight excluding hydrogens is 620 g/mol. The quantitative estimate of drug-likeness (QED) is 0.170. The molecule has 8 nitrogen and oxygen atoms in total. The van der Waals surface area contributed by atoms with Crippen LogP contribution in [0.5, 0.6) is 5.75 Å². The number of nitrogens with zero attached hydrogens (tertiary/aromatic N) is 1. The highest BCUT2D eigenvalue weighted by atomic mass is 19.4. The minimum Gasteiger partial charge on any atom is -0.497 e. The van der Waals surface area contributed by atoms with E-state index in [9.17, 15) is 31.9 Å². The first-order valence-corrected chi connectivity index (χ1v) is 14.9. The van der Waals surface area contributed by atoms with Gasteiger partial charge in [0.25, 0.3) is 0 Å². The fourth-order valence-electron chi connectivity index (χ4n) is 6.21. The van der Waals surface area contributed by atoms with Crippen LogP contribution in [0.3, 0.4) is 0 Å². The van der Waals surface area contributed by atoms with Gasteiger partial charge in [0.15, 0.2) is 5.78 Å². The van der Waals surface area contributed by atoms with Crippen molar-refractivity contribution in [2.75, 3.05) is 25.2 Å². The molecule has 0 unspecified atom stereocenters. The van der Waals surface area contributed by atoms with Crippen molar-refractivity contribution >= 4 is 23.4 Å². The third-order valence-corrected chi connectivity index (χ3v) is 8.25. The number of ketones is 1. The van der Waals surface area contributed by atoms with Crippen LogP contribution in [0, 0.1) is 11.7 Å². The number of benzene rings is 3. The molecule has 1 aliphatic heterocycles. The van der Waals surface area contributed by atoms with Crippen molar-refractivity contribution in [3.8, 4) is 5.75 Å². The third-order valence-electron chi connectivity index (χ3n) is 8.25. The van der Waals surface area contributed by atoms with Crippen LogP contribution in [0.2, 0.25) is 0 Å². The monoisotopic (exact) mass is 652 g/mol. The number of halogens is 4. The van der Waals surface area contributed by atoms with E-state index < -0.39 is 53.0 Å². The summed E-state index contributed by atoms with van der Waals surface area (Å²) in [5.74, 6) is -6.06. The lowest BCUT2D eigenvalue weighted by Crippen LogP contribution is -2.46. The van der Waals surface area contributed by atoms with Gasteiger partial charge in [-0.1, -0.05) is 24.3 Å². The predicted molar refractivity (Wildman–Crippen MR) is 163 cm³/mol. The van der Waals surface area contributed by atoms with E-state index >= 15 is 0 Å². The molecule has 1 aliphatic carbocycles. The van der Waals surface area contributed by atoms with Crippen LogP contribution >= 0.6 is 0 Å². The molecule has 246 valence electrons. The van der Waals surface area contributed by atoms with Gasteiger partial charge in [0.1, 0.15) is 23.3 Å². The predicted octanol–water partition coefficient (Wildman–Crippen LogP) is 6.38. The number of esters is 2. The highest BCUT2D eigenvalue weighted by Crippen LogP contribution is 2.52. The van der Waals surface area contributed by atoms with Crippen LogP contribution in [-0.4, -0.2) is 38.0 Å². The number of anilines is 1. The van der Waals surface area contributed by atoms with Crippen LogP contribution in [0.25, 0.3) is 0 Å². The second-order valence-corrected chi connectivity index (χ2v) is 10.9. The van der Waals surface area contributed by atoms with Crippen molar-refractivity contribution in [1.29, 1.82) is 0 Å². The van der Waals surface area contributed by atoms with E-state index in [1.54, 1.807) is 38.1 Å². The van der Waals surface area contributed by atoms with Gasteiger partial charge in [-0.2, -0.15) is 13.2 Å². The van der Waals surface area contributed by atoms with Crippen molar-refractivity contribution in [2.45, 2.75) is 38.3 Å². The number of hydrogen-bond donors (Lipinski definition) is 1. The highest BCUT2D eigenvalue weighted by molar-refractivity contribution is 6.14. The van der Waals surface area contributed by atoms with E-state index in [1.165, 1.54) is 36.3 Å². The molecule has 0 saturated heterocycles. The molecule has 3 aromatic rings. The zero-order chi connectivity index (χ0) is 34.0. The maximum absolute atomic E-state index is 14.8. The lowest BCUT2D eigenvalue weighted by atomic mass is 9.67. The van der Waals surface area contributed by atoms with Crippen molar-refractivity contribution in [3.05, 3.63) is 118 Å².